The third-order valence-corrected chi connectivity index (χ3v) is 3.38. The maximum atomic E-state index is 11.7. The van der Waals surface area contributed by atoms with Crippen LogP contribution in [0, 0.1) is 5.92 Å². The number of benzene rings is 1. The van der Waals surface area contributed by atoms with Crippen LogP contribution < -0.4 is 10.6 Å². The first-order valence-electron chi connectivity index (χ1n) is 7.84. The Morgan fingerprint density at radius 1 is 1.27 bits per heavy atom. The molecule has 2 rings (SSSR count). The molecule has 1 saturated heterocycles. The fourth-order valence-corrected chi connectivity index (χ4v) is 2.32. The summed E-state index contributed by atoms with van der Waals surface area (Å²) in [5.74, 6) is 0.577. The summed E-state index contributed by atoms with van der Waals surface area (Å²) >= 11 is 0. The van der Waals surface area contributed by atoms with Crippen molar-refractivity contribution in [1.29, 1.82) is 0 Å². The minimum Gasteiger partial charge on any atom is -0.444 e. The molecule has 1 aliphatic heterocycles. The second-order valence-corrected chi connectivity index (χ2v) is 6.67. The van der Waals surface area contributed by atoms with Crippen molar-refractivity contribution >= 4 is 17.5 Å². The van der Waals surface area contributed by atoms with Crippen molar-refractivity contribution in [2.24, 2.45) is 5.92 Å². The Labute approximate surface area is 132 Å². The van der Waals surface area contributed by atoms with Gasteiger partial charge in [-0.2, -0.15) is 0 Å². The van der Waals surface area contributed by atoms with Gasteiger partial charge in [0.05, 0.1) is 6.61 Å². The lowest BCUT2D eigenvalue weighted by Gasteiger charge is -2.22. The van der Waals surface area contributed by atoms with Crippen LogP contribution >= 0.6 is 0 Å². The molecule has 1 atom stereocenters. The Hall–Kier alpha value is -1.75. The quantitative estimate of drug-likeness (QED) is 0.886. The van der Waals surface area contributed by atoms with Crippen LogP contribution in [-0.4, -0.2) is 31.5 Å². The molecule has 1 amide bonds. The highest BCUT2D eigenvalue weighted by Gasteiger charge is 2.16. The standard InChI is InChI=1S/C17H26N2O3/c1-17(2,3)22-16(20)19-15-8-6-14(7-9-15)18-11-13-5-4-10-21-12-13/h6-9,13,18H,4-5,10-12H2,1-3H3,(H,19,20). The van der Waals surface area contributed by atoms with Crippen molar-refractivity contribution in [3.8, 4) is 0 Å². The third-order valence-electron chi connectivity index (χ3n) is 3.38. The van der Waals surface area contributed by atoms with Crippen LogP contribution in [0.2, 0.25) is 0 Å². The van der Waals surface area contributed by atoms with E-state index in [2.05, 4.69) is 10.6 Å². The normalized spacial score (nSPS) is 18.6. The van der Waals surface area contributed by atoms with Crippen LogP contribution in [0.1, 0.15) is 33.6 Å². The molecule has 0 bridgehead atoms. The molecule has 0 radical (unpaired) electrons. The van der Waals surface area contributed by atoms with Gasteiger partial charge >= 0.3 is 6.09 Å². The number of nitrogens with one attached hydrogen (secondary N) is 2. The van der Waals surface area contributed by atoms with E-state index in [-0.39, 0.29) is 0 Å². The SMILES string of the molecule is CC(C)(C)OC(=O)Nc1ccc(NCC2CCCOC2)cc1. The first kappa shape index (κ1) is 16.6. The minimum absolute atomic E-state index is 0.437. The van der Waals surface area contributed by atoms with Gasteiger partial charge in [-0.3, -0.25) is 5.32 Å². The lowest BCUT2D eigenvalue weighted by Crippen LogP contribution is -2.27. The van der Waals surface area contributed by atoms with Crippen LogP contribution in [-0.2, 0) is 9.47 Å². The average molecular weight is 306 g/mol. The Morgan fingerprint density at radius 3 is 2.55 bits per heavy atom. The van der Waals surface area contributed by atoms with Gasteiger partial charge in [0.1, 0.15) is 5.60 Å². The number of hydrogen-bond donors (Lipinski definition) is 2. The molecular weight excluding hydrogens is 280 g/mol. The van der Waals surface area contributed by atoms with Crippen molar-refractivity contribution in [2.45, 2.75) is 39.2 Å². The van der Waals surface area contributed by atoms with Crippen molar-refractivity contribution in [3.05, 3.63) is 24.3 Å². The van der Waals surface area contributed by atoms with Crippen LogP contribution in [0.25, 0.3) is 0 Å². The Bertz CT molecular complexity index is 474. The highest BCUT2D eigenvalue weighted by Crippen LogP contribution is 2.18. The van der Waals surface area contributed by atoms with Gasteiger partial charge in [-0.05, 0) is 63.8 Å². The summed E-state index contributed by atoms with van der Waals surface area (Å²) in [7, 11) is 0. The molecule has 1 aromatic rings. The first-order chi connectivity index (χ1) is 10.4. The van der Waals surface area contributed by atoms with Gasteiger partial charge in [-0.15, -0.1) is 0 Å². The maximum absolute atomic E-state index is 11.7. The summed E-state index contributed by atoms with van der Waals surface area (Å²) in [5.41, 5.74) is 1.27. The van der Waals surface area contributed by atoms with Gasteiger partial charge in [0.2, 0.25) is 0 Å². The number of carbonyl (C=O) groups is 1. The molecule has 0 aliphatic carbocycles. The molecule has 0 spiro atoms. The molecule has 1 heterocycles. The number of amides is 1. The number of ether oxygens (including phenoxy) is 2. The second-order valence-electron chi connectivity index (χ2n) is 6.67. The van der Waals surface area contributed by atoms with Gasteiger partial charge in [-0.25, -0.2) is 4.79 Å². The molecule has 5 heteroatoms. The Balaban J connectivity index is 1.78. The van der Waals surface area contributed by atoms with Crippen molar-refractivity contribution in [2.75, 3.05) is 30.4 Å². The number of anilines is 2. The summed E-state index contributed by atoms with van der Waals surface area (Å²) < 4.78 is 10.7. The van der Waals surface area contributed by atoms with Gasteiger partial charge in [-0.1, -0.05) is 0 Å². The monoisotopic (exact) mass is 306 g/mol. The third kappa shape index (κ3) is 5.93. The zero-order valence-electron chi connectivity index (χ0n) is 13.6. The number of rotatable bonds is 4. The lowest BCUT2D eigenvalue weighted by molar-refractivity contribution is 0.0595. The Kier molecular flexibility index (Phi) is 5.66. The topological polar surface area (TPSA) is 59.6 Å². The van der Waals surface area contributed by atoms with Crippen LogP contribution in [0.5, 0.6) is 0 Å². The molecule has 1 aromatic carbocycles. The smallest absolute Gasteiger partial charge is 0.412 e. The van der Waals surface area contributed by atoms with Gasteiger partial charge in [0.25, 0.3) is 0 Å². The molecule has 2 N–H and O–H groups in total. The molecule has 22 heavy (non-hydrogen) atoms. The molecular formula is C17H26N2O3. The fraction of sp³-hybridized carbons (Fsp3) is 0.588. The number of hydrogen-bond acceptors (Lipinski definition) is 4. The molecule has 0 aromatic heterocycles. The van der Waals surface area contributed by atoms with Crippen LogP contribution in [0.3, 0.4) is 0 Å². The summed E-state index contributed by atoms with van der Waals surface area (Å²) in [4.78, 5) is 11.7. The summed E-state index contributed by atoms with van der Waals surface area (Å²) in [6.45, 7) is 8.17. The fourth-order valence-electron chi connectivity index (χ4n) is 2.32. The van der Waals surface area contributed by atoms with E-state index in [4.69, 9.17) is 9.47 Å². The molecule has 5 nitrogen and oxygen atoms in total. The second kappa shape index (κ2) is 7.49. The highest BCUT2D eigenvalue weighted by atomic mass is 16.6. The van der Waals surface area contributed by atoms with E-state index in [9.17, 15) is 4.79 Å². The van der Waals surface area contributed by atoms with Gasteiger partial charge in [0.15, 0.2) is 0 Å². The Morgan fingerprint density at radius 2 is 1.95 bits per heavy atom. The lowest BCUT2D eigenvalue weighted by atomic mass is 10.0. The predicted molar refractivity (Wildman–Crippen MR) is 88.3 cm³/mol. The highest BCUT2D eigenvalue weighted by molar-refractivity contribution is 5.85. The van der Waals surface area contributed by atoms with E-state index in [0.717, 1.165) is 37.6 Å². The molecule has 122 valence electrons. The summed E-state index contributed by atoms with van der Waals surface area (Å²) in [6.07, 6.45) is 1.92. The van der Waals surface area contributed by atoms with Gasteiger partial charge in [0, 0.05) is 24.5 Å². The largest absolute Gasteiger partial charge is 0.444 e. The minimum atomic E-state index is -0.492. The van der Waals surface area contributed by atoms with E-state index in [0.29, 0.717) is 5.92 Å². The zero-order valence-corrected chi connectivity index (χ0v) is 13.6. The van der Waals surface area contributed by atoms with E-state index in [1.54, 1.807) is 0 Å². The van der Waals surface area contributed by atoms with E-state index in [1.165, 1.54) is 6.42 Å². The zero-order chi connectivity index (χ0) is 16.0. The van der Waals surface area contributed by atoms with Gasteiger partial charge < -0.3 is 14.8 Å². The molecule has 1 fully saturated rings. The van der Waals surface area contributed by atoms with E-state index < -0.39 is 11.7 Å². The van der Waals surface area contributed by atoms with Crippen LogP contribution in [0.15, 0.2) is 24.3 Å². The molecule has 1 aliphatic rings. The summed E-state index contributed by atoms with van der Waals surface area (Å²) in [5, 5.41) is 6.13. The molecule has 0 saturated carbocycles. The maximum Gasteiger partial charge on any atom is 0.412 e. The van der Waals surface area contributed by atoms with Crippen LogP contribution in [0.4, 0.5) is 16.2 Å². The summed E-state index contributed by atoms with van der Waals surface area (Å²) in [6, 6.07) is 7.64. The van der Waals surface area contributed by atoms with E-state index in [1.807, 2.05) is 45.0 Å². The van der Waals surface area contributed by atoms with Crippen molar-refractivity contribution in [3.63, 3.8) is 0 Å². The average Bonchev–Trinajstić information content (AvgIpc) is 2.45. The van der Waals surface area contributed by atoms with E-state index >= 15 is 0 Å². The van der Waals surface area contributed by atoms with Crippen molar-refractivity contribution in [1.82, 2.24) is 0 Å². The molecule has 1 unspecified atom stereocenters. The van der Waals surface area contributed by atoms with Crippen molar-refractivity contribution < 1.29 is 14.3 Å². The first-order valence-corrected chi connectivity index (χ1v) is 7.84. The number of carbonyl (C=O) groups excluding carboxylic acids is 1. The predicted octanol–water partition coefficient (Wildman–Crippen LogP) is 3.87.